The van der Waals surface area contributed by atoms with Crippen LogP contribution < -0.4 is 11.1 Å². The summed E-state index contributed by atoms with van der Waals surface area (Å²) in [5, 5.41) is 22.0. The second-order valence-electron chi connectivity index (χ2n) is 3.89. The van der Waals surface area contributed by atoms with Gasteiger partial charge in [0.2, 0.25) is 5.95 Å². The van der Waals surface area contributed by atoms with E-state index < -0.39 is 0 Å². The molecular formula is C12H14N4O2. The smallest absolute Gasteiger partial charge is 0.222 e. The van der Waals surface area contributed by atoms with Crippen molar-refractivity contribution in [3.05, 3.63) is 35.5 Å². The zero-order chi connectivity index (χ0) is 13.1. The van der Waals surface area contributed by atoms with Crippen LogP contribution in [0.4, 0.5) is 11.8 Å². The number of rotatable bonds is 3. The average molecular weight is 246 g/mol. The third-order valence-electron chi connectivity index (χ3n) is 2.43. The summed E-state index contributed by atoms with van der Waals surface area (Å²) >= 11 is 0. The van der Waals surface area contributed by atoms with Crippen molar-refractivity contribution in [2.75, 3.05) is 11.1 Å². The number of para-hydroxylation sites is 1. The van der Waals surface area contributed by atoms with Crippen LogP contribution in [0.15, 0.2) is 24.3 Å². The SMILES string of the molecule is Cc1cc(NCc2cccc(O)c2O)nc(N)n1. The lowest BCUT2D eigenvalue weighted by molar-refractivity contribution is 0.400. The number of nitrogen functional groups attached to an aromatic ring is 1. The summed E-state index contributed by atoms with van der Waals surface area (Å²) in [4.78, 5) is 7.97. The van der Waals surface area contributed by atoms with E-state index in [1.165, 1.54) is 6.07 Å². The van der Waals surface area contributed by atoms with Crippen LogP contribution >= 0.6 is 0 Å². The summed E-state index contributed by atoms with van der Waals surface area (Å²) < 4.78 is 0. The molecule has 5 N–H and O–H groups in total. The number of aryl methyl sites for hydroxylation is 1. The molecule has 1 aromatic heterocycles. The van der Waals surface area contributed by atoms with Crippen LogP contribution in [0.3, 0.4) is 0 Å². The summed E-state index contributed by atoms with van der Waals surface area (Å²) in [5.74, 6) is 0.483. The van der Waals surface area contributed by atoms with Crippen molar-refractivity contribution < 1.29 is 10.2 Å². The van der Waals surface area contributed by atoms with Gasteiger partial charge in [0, 0.05) is 23.9 Å². The Bertz CT molecular complexity index is 552. The van der Waals surface area contributed by atoms with E-state index in [0.29, 0.717) is 17.9 Å². The molecule has 0 atom stereocenters. The zero-order valence-corrected chi connectivity index (χ0v) is 9.88. The highest BCUT2D eigenvalue weighted by molar-refractivity contribution is 5.47. The molecular weight excluding hydrogens is 232 g/mol. The minimum Gasteiger partial charge on any atom is -0.504 e. The Balaban J connectivity index is 2.14. The van der Waals surface area contributed by atoms with Crippen LogP contribution in [0.25, 0.3) is 0 Å². The molecule has 0 aliphatic rings. The van der Waals surface area contributed by atoms with Gasteiger partial charge in [0.1, 0.15) is 5.82 Å². The van der Waals surface area contributed by atoms with Gasteiger partial charge in [-0.25, -0.2) is 4.98 Å². The molecule has 0 saturated heterocycles. The fraction of sp³-hybridized carbons (Fsp3) is 0.167. The molecule has 1 heterocycles. The molecule has 0 amide bonds. The molecule has 0 radical (unpaired) electrons. The Morgan fingerprint density at radius 2 is 2.06 bits per heavy atom. The van der Waals surface area contributed by atoms with Gasteiger partial charge in [-0.2, -0.15) is 4.98 Å². The number of nitrogens with zero attached hydrogens (tertiary/aromatic N) is 2. The third kappa shape index (κ3) is 2.60. The molecule has 2 rings (SSSR count). The number of anilines is 2. The quantitative estimate of drug-likeness (QED) is 0.610. The number of benzene rings is 1. The normalized spacial score (nSPS) is 10.3. The van der Waals surface area contributed by atoms with Gasteiger partial charge >= 0.3 is 0 Å². The molecule has 6 nitrogen and oxygen atoms in total. The summed E-state index contributed by atoms with van der Waals surface area (Å²) in [6.07, 6.45) is 0. The Hall–Kier alpha value is -2.50. The Kier molecular flexibility index (Phi) is 3.18. The predicted octanol–water partition coefficient (Wildman–Crippen LogP) is 1.39. The fourth-order valence-electron chi connectivity index (χ4n) is 1.59. The molecule has 0 saturated carbocycles. The molecule has 0 spiro atoms. The molecule has 18 heavy (non-hydrogen) atoms. The van der Waals surface area contributed by atoms with Crippen LogP contribution in [-0.4, -0.2) is 20.2 Å². The van der Waals surface area contributed by atoms with Gasteiger partial charge in [0.25, 0.3) is 0 Å². The molecule has 94 valence electrons. The van der Waals surface area contributed by atoms with Crippen molar-refractivity contribution >= 4 is 11.8 Å². The van der Waals surface area contributed by atoms with Gasteiger partial charge < -0.3 is 21.3 Å². The number of aromatic nitrogens is 2. The minimum atomic E-state index is -0.146. The highest BCUT2D eigenvalue weighted by Gasteiger charge is 2.06. The lowest BCUT2D eigenvalue weighted by Crippen LogP contribution is -2.05. The van der Waals surface area contributed by atoms with Crippen molar-refractivity contribution in [2.45, 2.75) is 13.5 Å². The molecule has 6 heteroatoms. The molecule has 2 aromatic rings. The monoisotopic (exact) mass is 246 g/mol. The van der Waals surface area contributed by atoms with Crippen LogP contribution in [0.5, 0.6) is 11.5 Å². The topological polar surface area (TPSA) is 104 Å². The number of hydrogen-bond donors (Lipinski definition) is 4. The van der Waals surface area contributed by atoms with Gasteiger partial charge in [-0.3, -0.25) is 0 Å². The number of hydrogen-bond acceptors (Lipinski definition) is 6. The summed E-state index contributed by atoms with van der Waals surface area (Å²) in [6, 6.07) is 6.53. The first-order chi connectivity index (χ1) is 8.56. The fourth-order valence-corrected chi connectivity index (χ4v) is 1.59. The standard InChI is InChI=1S/C12H14N4O2/c1-7-5-10(16-12(13)15-7)14-6-8-3-2-4-9(17)11(8)18/h2-5,17-18H,6H2,1H3,(H3,13,14,15,16). The summed E-state index contributed by atoms with van der Waals surface area (Å²) in [5.41, 5.74) is 6.86. The van der Waals surface area contributed by atoms with E-state index >= 15 is 0 Å². The van der Waals surface area contributed by atoms with Crippen molar-refractivity contribution in [3.63, 3.8) is 0 Å². The van der Waals surface area contributed by atoms with Crippen LogP contribution in [0, 0.1) is 6.92 Å². The van der Waals surface area contributed by atoms with Gasteiger partial charge in [-0.15, -0.1) is 0 Å². The second kappa shape index (κ2) is 4.79. The second-order valence-corrected chi connectivity index (χ2v) is 3.89. The molecule has 0 aliphatic carbocycles. The van der Waals surface area contributed by atoms with Gasteiger partial charge in [0.15, 0.2) is 11.5 Å². The number of phenols is 2. The van der Waals surface area contributed by atoms with Gasteiger partial charge in [-0.05, 0) is 13.0 Å². The Labute approximate surface area is 104 Å². The number of nitrogens with two attached hydrogens (primary N) is 1. The number of nitrogens with one attached hydrogen (secondary N) is 1. The Morgan fingerprint density at radius 1 is 1.28 bits per heavy atom. The zero-order valence-electron chi connectivity index (χ0n) is 9.88. The maximum atomic E-state index is 9.64. The maximum absolute atomic E-state index is 9.64. The van der Waals surface area contributed by atoms with E-state index in [4.69, 9.17) is 5.73 Å². The van der Waals surface area contributed by atoms with Crippen LogP contribution in [0.1, 0.15) is 11.3 Å². The lowest BCUT2D eigenvalue weighted by Gasteiger charge is -2.09. The first kappa shape index (κ1) is 12.0. The van der Waals surface area contributed by atoms with Gasteiger partial charge in [-0.1, -0.05) is 12.1 Å². The van der Waals surface area contributed by atoms with Crippen molar-refractivity contribution in [2.24, 2.45) is 0 Å². The number of aromatic hydroxyl groups is 2. The van der Waals surface area contributed by atoms with E-state index in [0.717, 1.165) is 5.69 Å². The lowest BCUT2D eigenvalue weighted by atomic mass is 10.2. The van der Waals surface area contributed by atoms with Crippen molar-refractivity contribution in [1.82, 2.24) is 9.97 Å². The number of phenolic OH excluding ortho intramolecular Hbond substituents is 2. The maximum Gasteiger partial charge on any atom is 0.222 e. The highest BCUT2D eigenvalue weighted by atomic mass is 16.3. The Morgan fingerprint density at radius 3 is 2.78 bits per heavy atom. The third-order valence-corrected chi connectivity index (χ3v) is 2.43. The summed E-state index contributed by atoms with van der Waals surface area (Å²) in [7, 11) is 0. The van der Waals surface area contributed by atoms with E-state index in [2.05, 4.69) is 15.3 Å². The van der Waals surface area contributed by atoms with Crippen molar-refractivity contribution in [3.8, 4) is 11.5 Å². The van der Waals surface area contributed by atoms with Crippen LogP contribution in [-0.2, 0) is 6.54 Å². The van der Waals surface area contributed by atoms with Gasteiger partial charge in [0.05, 0.1) is 0 Å². The van der Waals surface area contributed by atoms with E-state index in [9.17, 15) is 10.2 Å². The van der Waals surface area contributed by atoms with E-state index in [1.54, 1.807) is 18.2 Å². The first-order valence-corrected chi connectivity index (χ1v) is 5.41. The largest absolute Gasteiger partial charge is 0.504 e. The average Bonchev–Trinajstić information content (AvgIpc) is 2.30. The van der Waals surface area contributed by atoms with Crippen LogP contribution in [0.2, 0.25) is 0 Å². The minimum absolute atomic E-state index is 0.135. The molecule has 1 aromatic carbocycles. The molecule has 0 unspecified atom stereocenters. The molecule has 0 aliphatic heterocycles. The predicted molar refractivity (Wildman–Crippen MR) is 68.3 cm³/mol. The van der Waals surface area contributed by atoms with E-state index in [1.807, 2.05) is 6.92 Å². The first-order valence-electron chi connectivity index (χ1n) is 5.41. The van der Waals surface area contributed by atoms with E-state index in [-0.39, 0.29) is 17.4 Å². The highest BCUT2D eigenvalue weighted by Crippen LogP contribution is 2.28. The summed E-state index contributed by atoms with van der Waals surface area (Å²) in [6.45, 7) is 2.14. The molecule has 0 fully saturated rings. The van der Waals surface area contributed by atoms with Crippen molar-refractivity contribution in [1.29, 1.82) is 0 Å². The molecule has 0 bridgehead atoms.